The summed E-state index contributed by atoms with van der Waals surface area (Å²) in [5.74, 6) is 0.889. The number of benzene rings is 2. The summed E-state index contributed by atoms with van der Waals surface area (Å²) in [5.41, 5.74) is 6.73. The molecule has 0 amide bonds. The average molecular weight is 331 g/mol. The normalized spacial score (nSPS) is 11.1. The molecule has 4 rings (SSSR count). The van der Waals surface area contributed by atoms with Gasteiger partial charge in [-0.15, -0.1) is 0 Å². The molecule has 0 radical (unpaired) electrons. The lowest BCUT2D eigenvalue weighted by molar-refractivity contribution is 0.787. The number of anilines is 1. The fourth-order valence-corrected chi connectivity index (χ4v) is 3.12. The maximum Gasteiger partial charge on any atom is 0.204 e. The smallest absolute Gasteiger partial charge is 0.204 e. The van der Waals surface area contributed by atoms with Crippen LogP contribution in [0.2, 0.25) is 0 Å². The molecular formula is C20H21N5. The van der Waals surface area contributed by atoms with Gasteiger partial charge in [-0.25, -0.2) is 4.98 Å². The van der Waals surface area contributed by atoms with Crippen molar-refractivity contribution in [2.45, 2.75) is 26.9 Å². The Hall–Kier alpha value is -3.08. The highest BCUT2D eigenvalue weighted by molar-refractivity contribution is 5.78. The minimum atomic E-state index is 0.670. The molecule has 0 aliphatic heterocycles. The van der Waals surface area contributed by atoms with Crippen molar-refractivity contribution in [2.24, 2.45) is 0 Å². The van der Waals surface area contributed by atoms with E-state index in [0.717, 1.165) is 40.3 Å². The van der Waals surface area contributed by atoms with Crippen LogP contribution >= 0.6 is 0 Å². The molecule has 2 N–H and O–H groups in total. The predicted octanol–water partition coefficient (Wildman–Crippen LogP) is 4.37. The molecule has 0 saturated heterocycles. The third-order valence-electron chi connectivity index (χ3n) is 4.47. The third-order valence-corrected chi connectivity index (χ3v) is 4.47. The molecule has 0 aliphatic carbocycles. The minimum Gasteiger partial charge on any atom is -0.351 e. The first-order valence-corrected chi connectivity index (χ1v) is 8.54. The summed E-state index contributed by atoms with van der Waals surface area (Å²) in [6.45, 7) is 5.77. The predicted molar refractivity (Wildman–Crippen MR) is 101 cm³/mol. The van der Waals surface area contributed by atoms with Gasteiger partial charge in [-0.2, -0.15) is 5.10 Å². The van der Waals surface area contributed by atoms with Crippen molar-refractivity contribution in [3.63, 3.8) is 0 Å². The first-order chi connectivity index (χ1) is 12.3. The van der Waals surface area contributed by atoms with Crippen molar-refractivity contribution in [1.82, 2.24) is 19.7 Å². The van der Waals surface area contributed by atoms with Crippen LogP contribution in [-0.2, 0) is 13.1 Å². The number of nitrogens with zero attached hydrogens (tertiary/aromatic N) is 3. The monoisotopic (exact) mass is 331 g/mol. The number of aryl methyl sites for hydroxylation is 2. The van der Waals surface area contributed by atoms with Crippen LogP contribution in [-0.4, -0.2) is 19.7 Å². The number of imidazole rings is 1. The molecule has 25 heavy (non-hydrogen) atoms. The Morgan fingerprint density at radius 3 is 2.68 bits per heavy atom. The van der Waals surface area contributed by atoms with Gasteiger partial charge >= 0.3 is 0 Å². The maximum atomic E-state index is 4.72. The van der Waals surface area contributed by atoms with Gasteiger partial charge in [0.2, 0.25) is 5.95 Å². The number of H-pyrrole nitrogens is 1. The molecular weight excluding hydrogens is 310 g/mol. The molecule has 4 aromatic rings. The second-order valence-corrected chi connectivity index (χ2v) is 6.16. The van der Waals surface area contributed by atoms with Gasteiger partial charge in [0.1, 0.15) is 0 Å². The van der Waals surface area contributed by atoms with Crippen molar-refractivity contribution in [3.8, 4) is 11.3 Å². The molecule has 0 unspecified atom stereocenters. The fourth-order valence-electron chi connectivity index (χ4n) is 3.12. The van der Waals surface area contributed by atoms with Crippen LogP contribution in [0.25, 0.3) is 22.3 Å². The number of aromatic nitrogens is 4. The molecule has 0 aliphatic rings. The van der Waals surface area contributed by atoms with E-state index in [9.17, 15) is 0 Å². The van der Waals surface area contributed by atoms with Crippen molar-refractivity contribution < 1.29 is 0 Å². The van der Waals surface area contributed by atoms with Crippen molar-refractivity contribution in [3.05, 3.63) is 65.9 Å². The van der Waals surface area contributed by atoms with E-state index in [0.29, 0.717) is 6.54 Å². The zero-order valence-corrected chi connectivity index (χ0v) is 14.5. The molecule has 0 bridgehead atoms. The lowest BCUT2D eigenvalue weighted by Gasteiger charge is -2.09. The molecule has 0 fully saturated rings. The van der Waals surface area contributed by atoms with Crippen LogP contribution in [0.1, 0.15) is 18.1 Å². The fraction of sp³-hybridized carbons (Fsp3) is 0.200. The van der Waals surface area contributed by atoms with E-state index in [-0.39, 0.29) is 0 Å². The second-order valence-electron chi connectivity index (χ2n) is 6.16. The lowest BCUT2D eigenvalue weighted by atomic mass is 10.1. The molecule has 2 aromatic heterocycles. The Morgan fingerprint density at radius 1 is 1.08 bits per heavy atom. The van der Waals surface area contributed by atoms with E-state index < -0.39 is 0 Å². The summed E-state index contributed by atoms with van der Waals surface area (Å²) in [4.78, 5) is 4.72. The summed E-state index contributed by atoms with van der Waals surface area (Å²) < 4.78 is 2.20. The zero-order valence-electron chi connectivity index (χ0n) is 14.5. The number of hydrogen-bond donors (Lipinski definition) is 2. The highest BCUT2D eigenvalue weighted by atomic mass is 15.2. The van der Waals surface area contributed by atoms with Crippen molar-refractivity contribution in [2.75, 3.05) is 5.32 Å². The quantitative estimate of drug-likeness (QED) is 0.571. The summed E-state index contributed by atoms with van der Waals surface area (Å²) >= 11 is 0. The van der Waals surface area contributed by atoms with E-state index in [2.05, 4.69) is 64.3 Å². The van der Waals surface area contributed by atoms with Crippen LogP contribution in [0.15, 0.2) is 54.7 Å². The molecule has 2 aromatic carbocycles. The standard InChI is InChI=1S/C20H21N5/c1-3-25-18-7-5-4-6-17(18)23-20(25)21-12-16-13-22-24-19(16)15-10-8-14(2)9-11-15/h4-11,13H,3,12H2,1-2H3,(H,21,23)(H,22,24). The maximum absolute atomic E-state index is 4.72. The zero-order chi connectivity index (χ0) is 17.2. The summed E-state index contributed by atoms with van der Waals surface area (Å²) in [6.07, 6.45) is 1.88. The minimum absolute atomic E-state index is 0.670. The van der Waals surface area contributed by atoms with E-state index in [1.807, 2.05) is 24.4 Å². The van der Waals surface area contributed by atoms with E-state index in [1.165, 1.54) is 5.56 Å². The lowest BCUT2D eigenvalue weighted by Crippen LogP contribution is -2.07. The van der Waals surface area contributed by atoms with Gasteiger partial charge in [0, 0.05) is 18.7 Å². The Morgan fingerprint density at radius 2 is 1.88 bits per heavy atom. The van der Waals surface area contributed by atoms with Crippen molar-refractivity contribution in [1.29, 1.82) is 0 Å². The Labute approximate surface area is 146 Å². The van der Waals surface area contributed by atoms with Crippen molar-refractivity contribution >= 4 is 17.0 Å². The largest absolute Gasteiger partial charge is 0.351 e. The van der Waals surface area contributed by atoms with Gasteiger partial charge in [-0.3, -0.25) is 5.10 Å². The molecule has 0 saturated carbocycles. The van der Waals surface area contributed by atoms with Crippen LogP contribution in [0.4, 0.5) is 5.95 Å². The van der Waals surface area contributed by atoms with Crippen LogP contribution in [0.3, 0.4) is 0 Å². The molecule has 5 nitrogen and oxygen atoms in total. The second kappa shape index (κ2) is 6.43. The van der Waals surface area contributed by atoms with Crippen LogP contribution in [0.5, 0.6) is 0 Å². The van der Waals surface area contributed by atoms with Gasteiger partial charge < -0.3 is 9.88 Å². The SMILES string of the molecule is CCn1c(NCc2cn[nH]c2-c2ccc(C)cc2)nc2ccccc21. The Kier molecular flexibility index (Phi) is 3.98. The van der Waals surface area contributed by atoms with Gasteiger partial charge in [-0.05, 0) is 31.5 Å². The Balaban J connectivity index is 1.61. The molecule has 2 heterocycles. The summed E-state index contributed by atoms with van der Waals surface area (Å²) in [5, 5.41) is 10.8. The van der Waals surface area contributed by atoms with Crippen LogP contribution in [0, 0.1) is 6.92 Å². The number of fused-ring (bicyclic) bond motifs is 1. The van der Waals surface area contributed by atoms with Crippen LogP contribution < -0.4 is 5.32 Å². The van der Waals surface area contributed by atoms with Gasteiger partial charge in [0.15, 0.2) is 0 Å². The first-order valence-electron chi connectivity index (χ1n) is 8.54. The average Bonchev–Trinajstić information content (AvgIpc) is 3.24. The number of rotatable bonds is 5. The summed E-state index contributed by atoms with van der Waals surface area (Å²) in [7, 11) is 0. The Bertz CT molecular complexity index is 995. The third kappa shape index (κ3) is 2.89. The van der Waals surface area contributed by atoms with E-state index >= 15 is 0 Å². The molecule has 126 valence electrons. The van der Waals surface area contributed by atoms with Gasteiger partial charge in [0.05, 0.1) is 22.9 Å². The van der Waals surface area contributed by atoms with Gasteiger partial charge in [-0.1, -0.05) is 42.0 Å². The van der Waals surface area contributed by atoms with E-state index in [4.69, 9.17) is 4.98 Å². The summed E-state index contributed by atoms with van der Waals surface area (Å²) in [6, 6.07) is 16.7. The molecule has 0 spiro atoms. The number of para-hydroxylation sites is 2. The molecule has 5 heteroatoms. The highest BCUT2D eigenvalue weighted by Gasteiger charge is 2.11. The number of hydrogen-bond acceptors (Lipinski definition) is 3. The number of aromatic amines is 1. The molecule has 0 atom stereocenters. The topological polar surface area (TPSA) is 58.5 Å². The highest BCUT2D eigenvalue weighted by Crippen LogP contribution is 2.24. The first kappa shape index (κ1) is 15.4. The number of nitrogens with one attached hydrogen (secondary N) is 2. The van der Waals surface area contributed by atoms with E-state index in [1.54, 1.807) is 0 Å². The van der Waals surface area contributed by atoms with Gasteiger partial charge in [0.25, 0.3) is 0 Å².